The van der Waals surface area contributed by atoms with E-state index in [1.54, 1.807) is 18.2 Å². The summed E-state index contributed by atoms with van der Waals surface area (Å²) in [5, 5.41) is 0. The maximum Gasteiger partial charge on any atom is 0.264 e. The quantitative estimate of drug-likeness (QED) is 0.470. The molecule has 0 fully saturated rings. The van der Waals surface area contributed by atoms with Crippen LogP contribution >= 0.6 is 0 Å². The van der Waals surface area contributed by atoms with Gasteiger partial charge in [0.25, 0.3) is 10.0 Å². The zero-order valence-electron chi connectivity index (χ0n) is 15.5. The largest absolute Gasteiger partial charge is 0.423 e. The van der Waals surface area contributed by atoms with Crippen LogP contribution in [0.25, 0.3) is 11.3 Å². The highest BCUT2D eigenvalue weighted by Crippen LogP contribution is 2.33. The number of halogens is 2. The van der Waals surface area contributed by atoms with Crippen LogP contribution in [-0.4, -0.2) is 13.4 Å². The Morgan fingerprint density at radius 3 is 2.27 bits per heavy atom. The molecular formula is C22H16F2N2O3S. The number of hydrogen-bond donors (Lipinski definition) is 1. The van der Waals surface area contributed by atoms with Gasteiger partial charge in [-0.3, -0.25) is 0 Å². The maximum atomic E-state index is 14.4. The van der Waals surface area contributed by atoms with E-state index in [1.165, 1.54) is 12.1 Å². The van der Waals surface area contributed by atoms with Crippen LogP contribution in [0.5, 0.6) is 0 Å². The van der Waals surface area contributed by atoms with Crippen molar-refractivity contribution in [1.82, 2.24) is 4.98 Å². The smallest absolute Gasteiger partial charge is 0.264 e. The Labute approximate surface area is 172 Å². The first kappa shape index (κ1) is 19.8. The second-order valence-corrected chi connectivity index (χ2v) is 8.17. The molecule has 5 nitrogen and oxygen atoms in total. The van der Waals surface area contributed by atoms with Crippen LogP contribution < -0.4 is 4.72 Å². The van der Waals surface area contributed by atoms with Gasteiger partial charge in [-0.2, -0.15) is 0 Å². The van der Waals surface area contributed by atoms with Gasteiger partial charge in [0, 0.05) is 12.0 Å². The molecule has 0 saturated carbocycles. The topological polar surface area (TPSA) is 72.2 Å². The Morgan fingerprint density at radius 2 is 1.57 bits per heavy atom. The summed E-state index contributed by atoms with van der Waals surface area (Å²) in [4.78, 5) is 4.25. The van der Waals surface area contributed by atoms with Crippen molar-refractivity contribution in [2.75, 3.05) is 4.72 Å². The first-order valence-corrected chi connectivity index (χ1v) is 10.5. The minimum Gasteiger partial charge on any atom is -0.423 e. The molecule has 0 aliphatic carbocycles. The fraction of sp³-hybridized carbons (Fsp3) is 0.0455. The number of aromatic nitrogens is 1. The van der Waals surface area contributed by atoms with Gasteiger partial charge in [0.1, 0.15) is 17.3 Å². The van der Waals surface area contributed by atoms with Crippen molar-refractivity contribution in [3.8, 4) is 11.3 Å². The third-order valence-electron chi connectivity index (χ3n) is 4.33. The van der Waals surface area contributed by atoms with Gasteiger partial charge in [-0.25, -0.2) is 26.9 Å². The summed E-state index contributed by atoms with van der Waals surface area (Å²) in [7, 11) is -4.03. The van der Waals surface area contributed by atoms with Crippen molar-refractivity contribution in [2.45, 2.75) is 11.3 Å². The fourth-order valence-corrected chi connectivity index (χ4v) is 3.94. The molecule has 0 atom stereocenters. The Hall–Kier alpha value is -3.52. The lowest BCUT2D eigenvalue weighted by atomic mass is 10.1. The van der Waals surface area contributed by atoms with E-state index >= 15 is 0 Å². The monoisotopic (exact) mass is 426 g/mol. The van der Waals surface area contributed by atoms with Crippen LogP contribution in [0.3, 0.4) is 0 Å². The summed E-state index contributed by atoms with van der Waals surface area (Å²) >= 11 is 0. The number of rotatable bonds is 6. The SMILES string of the molecule is O=S(=O)(Nc1oc(Cc2ccccc2)nc1-c1cc(F)ccc1F)c1ccccc1. The zero-order chi connectivity index (χ0) is 21.1. The van der Waals surface area contributed by atoms with Crippen molar-refractivity contribution in [3.05, 3.63) is 102 Å². The molecule has 0 bridgehead atoms. The van der Waals surface area contributed by atoms with Gasteiger partial charge in [0.05, 0.1) is 4.90 Å². The lowest BCUT2D eigenvalue weighted by molar-refractivity contribution is 0.521. The molecule has 0 spiro atoms. The predicted octanol–water partition coefficient (Wildman–Crippen LogP) is 5.01. The minimum absolute atomic E-state index is 0.00308. The highest BCUT2D eigenvalue weighted by atomic mass is 32.2. The average molecular weight is 426 g/mol. The Kier molecular flexibility index (Phi) is 5.33. The Bertz CT molecular complexity index is 1270. The molecule has 30 heavy (non-hydrogen) atoms. The number of hydrogen-bond acceptors (Lipinski definition) is 4. The van der Waals surface area contributed by atoms with Crippen molar-refractivity contribution in [1.29, 1.82) is 0 Å². The van der Waals surface area contributed by atoms with E-state index in [-0.39, 0.29) is 34.3 Å². The number of nitrogens with one attached hydrogen (secondary N) is 1. The van der Waals surface area contributed by atoms with Crippen LogP contribution in [0.1, 0.15) is 11.5 Å². The third-order valence-corrected chi connectivity index (χ3v) is 5.68. The number of benzene rings is 3. The van der Waals surface area contributed by atoms with Crippen LogP contribution in [0.4, 0.5) is 14.7 Å². The van der Waals surface area contributed by atoms with Gasteiger partial charge in [-0.1, -0.05) is 48.5 Å². The molecule has 0 aliphatic rings. The standard InChI is InChI=1S/C22H16F2N2O3S/c23-16-11-12-19(24)18(14-16)21-22(26-30(27,28)17-9-5-2-6-10-17)29-20(25-21)13-15-7-3-1-4-8-15/h1-12,14,26H,13H2. The highest BCUT2D eigenvalue weighted by molar-refractivity contribution is 7.92. The summed E-state index contributed by atoms with van der Waals surface area (Å²) < 4.78 is 61.6. The van der Waals surface area contributed by atoms with Crippen molar-refractivity contribution >= 4 is 15.9 Å². The van der Waals surface area contributed by atoms with Crippen molar-refractivity contribution in [2.24, 2.45) is 0 Å². The minimum atomic E-state index is -4.03. The molecule has 1 aromatic heterocycles. The van der Waals surface area contributed by atoms with Crippen LogP contribution in [0.15, 0.2) is 88.2 Å². The maximum absolute atomic E-state index is 14.4. The van der Waals surface area contributed by atoms with Crippen LogP contribution in [0.2, 0.25) is 0 Å². The number of sulfonamides is 1. The van der Waals surface area contributed by atoms with Gasteiger partial charge in [-0.15, -0.1) is 0 Å². The van der Waals surface area contributed by atoms with Gasteiger partial charge in [0.2, 0.25) is 11.8 Å². The molecule has 4 rings (SSSR count). The molecule has 4 aromatic rings. The summed E-state index contributed by atoms with van der Waals surface area (Å²) in [5.41, 5.74) is 0.531. The van der Waals surface area contributed by atoms with E-state index in [9.17, 15) is 17.2 Å². The van der Waals surface area contributed by atoms with Crippen molar-refractivity contribution in [3.63, 3.8) is 0 Å². The molecular weight excluding hydrogens is 410 g/mol. The first-order valence-electron chi connectivity index (χ1n) is 8.99. The molecule has 0 unspecified atom stereocenters. The van der Waals surface area contributed by atoms with Crippen molar-refractivity contribution < 1.29 is 21.6 Å². The van der Waals surface area contributed by atoms with E-state index in [4.69, 9.17) is 4.42 Å². The molecule has 8 heteroatoms. The summed E-state index contributed by atoms with van der Waals surface area (Å²) in [5.74, 6) is -1.56. The molecule has 3 aromatic carbocycles. The molecule has 1 N–H and O–H groups in total. The fourth-order valence-electron chi connectivity index (χ4n) is 2.92. The van der Waals surface area contributed by atoms with Gasteiger partial charge < -0.3 is 4.42 Å². The second-order valence-electron chi connectivity index (χ2n) is 6.49. The first-order chi connectivity index (χ1) is 14.4. The van der Waals surface area contributed by atoms with Crippen LogP contribution in [-0.2, 0) is 16.4 Å². The Balaban J connectivity index is 1.78. The summed E-state index contributed by atoms with van der Waals surface area (Å²) in [6.07, 6.45) is 0.248. The number of nitrogens with zero attached hydrogens (tertiary/aromatic N) is 1. The van der Waals surface area contributed by atoms with Gasteiger partial charge in [-0.05, 0) is 35.9 Å². The van der Waals surface area contributed by atoms with E-state index in [1.807, 2.05) is 30.3 Å². The normalized spacial score (nSPS) is 11.4. The number of anilines is 1. The lowest BCUT2D eigenvalue weighted by Crippen LogP contribution is -2.13. The molecule has 1 heterocycles. The predicted molar refractivity (Wildman–Crippen MR) is 108 cm³/mol. The van der Waals surface area contributed by atoms with E-state index in [2.05, 4.69) is 9.71 Å². The van der Waals surface area contributed by atoms with E-state index in [0.29, 0.717) is 0 Å². The zero-order valence-corrected chi connectivity index (χ0v) is 16.4. The molecule has 152 valence electrons. The average Bonchev–Trinajstić information content (AvgIpc) is 3.12. The summed E-state index contributed by atoms with van der Waals surface area (Å²) in [6.45, 7) is 0. The molecule has 0 aliphatic heterocycles. The molecule has 0 saturated heterocycles. The Morgan fingerprint density at radius 1 is 0.900 bits per heavy atom. The van der Waals surface area contributed by atoms with Gasteiger partial charge >= 0.3 is 0 Å². The summed E-state index contributed by atoms with van der Waals surface area (Å²) in [6, 6.07) is 19.7. The molecule has 0 radical (unpaired) electrons. The van der Waals surface area contributed by atoms with Crippen LogP contribution in [0, 0.1) is 11.6 Å². The van der Waals surface area contributed by atoms with Gasteiger partial charge in [0.15, 0.2) is 0 Å². The van der Waals surface area contributed by atoms with E-state index < -0.39 is 21.7 Å². The second kappa shape index (κ2) is 8.08. The number of oxazole rings is 1. The lowest BCUT2D eigenvalue weighted by Gasteiger charge is -2.07. The third kappa shape index (κ3) is 4.23. The van der Waals surface area contributed by atoms with E-state index in [0.717, 1.165) is 23.8 Å². The molecule has 0 amide bonds. The highest BCUT2D eigenvalue weighted by Gasteiger charge is 2.24.